The van der Waals surface area contributed by atoms with Gasteiger partial charge in [0.1, 0.15) is 11.6 Å². The van der Waals surface area contributed by atoms with Crippen LogP contribution in [0.5, 0.6) is 5.75 Å². The summed E-state index contributed by atoms with van der Waals surface area (Å²) in [7, 11) is 0. The Hall–Kier alpha value is -4.63. The van der Waals surface area contributed by atoms with E-state index in [1.807, 2.05) is 43.5 Å². The van der Waals surface area contributed by atoms with Gasteiger partial charge in [-0.05, 0) is 67.4 Å². The van der Waals surface area contributed by atoms with E-state index < -0.39 is 0 Å². The van der Waals surface area contributed by atoms with E-state index in [4.69, 9.17) is 4.74 Å². The Labute approximate surface area is 234 Å². The fraction of sp³-hybridized carbons (Fsp3) is 0.258. The van der Waals surface area contributed by atoms with Crippen LogP contribution in [0.2, 0.25) is 0 Å². The predicted octanol–water partition coefficient (Wildman–Crippen LogP) is 4.78. The highest BCUT2D eigenvalue weighted by molar-refractivity contribution is 6.01. The molecule has 2 aromatic heterocycles. The summed E-state index contributed by atoms with van der Waals surface area (Å²) in [5, 5.41) is 5.80. The fourth-order valence-corrected chi connectivity index (χ4v) is 4.75. The monoisotopic (exact) mass is 538 g/mol. The number of aryl methyl sites for hydroxylation is 1. The molecule has 40 heavy (non-hydrogen) atoms. The van der Waals surface area contributed by atoms with Gasteiger partial charge in [-0.15, -0.1) is 0 Å². The highest BCUT2D eigenvalue weighted by Gasteiger charge is 2.17. The highest BCUT2D eigenvalue weighted by Crippen LogP contribution is 2.28. The number of aromatic nitrogens is 2. The van der Waals surface area contributed by atoms with Gasteiger partial charge in [-0.2, -0.15) is 0 Å². The van der Waals surface area contributed by atoms with Crippen molar-refractivity contribution < 1.29 is 9.53 Å². The van der Waals surface area contributed by atoms with Crippen molar-refractivity contribution in [3.63, 3.8) is 0 Å². The van der Waals surface area contributed by atoms with Gasteiger partial charge in [0.05, 0.1) is 12.3 Å². The Balaban J connectivity index is 1.10. The molecule has 5 rings (SSSR count). The molecule has 3 heterocycles. The summed E-state index contributed by atoms with van der Waals surface area (Å²) in [6.07, 6.45) is 4.44. The van der Waals surface area contributed by atoms with Crippen molar-refractivity contribution >= 4 is 23.2 Å². The zero-order chi connectivity index (χ0) is 27.7. The molecule has 4 aromatic rings. The number of benzene rings is 2. The molecular weight excluding hydrogens is 504 g/mol. The number of carbonyl (C=O) groups is 1. The molecule has 1 saturated heterocycles. The summed E-state index contributed by atoms with van der Waals surface area (Å²) in [5.74, 6) is 1.68. The first-order valence-corrected chi connectivity index (χ1v) is 13.5. The number of hydrogen-bond donors (Lipinski definition) is 2. The lowest BCUT2D eigenvalue weighted by molar-refractivity contribution is 0.224. The molecule has 2 aromatic carbocycles. The third kappa shape index (κ3) is 6.86. The third-order valence-electron chi connectivity index (χ3n) is 6.92. The van der Waals surface area contributed by atoms with Crippen LogP contribution in [0.25, 0.3) is 5.69 Å². The number of nitrogens with one attached hydrogen (secondary N) is 2. The normalized spacial score (nSPS) is 13.6. The molecular formula is C31H34N6O3. The molecule has 0 bridgehead atoms. The van der Waals surface area contributed by atoms with Crippen LogP contribution >= 0.6 is 0 Å². The largest absolute Gasteiger partial charge is 0.491 e. The summed E-state index contributed by atoms with van der Waals surface area (Å²) < 4.78 is 7.65. The Morgan fingerprint density at radius 2 is 1.70 bits per heavy atom. The second kappa shape index (κ2) is 12.9. The van der Waals surface area contributed by atoms with Gasteiger partial charge in [0, 0.05) is 62.6 Å². The van der Waals surface area contributed by atoms with Crippen molar-refractivity contribution in [2.24, 2.45) is 0 Å². The van der Waals surface area contributed by atoms with E-state index in [1.54, 1.807) is 47.2 Å². The highest BCUT2D eigenvalue weighted by atomic mass is 16.5. The van der Waals surface area contributed by atoms with E-state index in [1.165, 1.54) is 6.07 Å². The van der Waals surface area contributed by atoms with Gasteiger partial charge in [-0.1, -0.05) is 24.3 Å². The van der Waals surface area contributed by atoms with E-state index in [0.717, 1.165) is 56.2 Å². The van der Waals surface area contributed by atoms with E-state index in [-0.39, 0.29) is 11.6 Å². The lowest BCUT2D eigenvalue weighted by Crippen LogP contribution is -2.47. The molecule has 1 aliphatic rings. The number of para-hydroxylation sites is 1. The molecule has 2 N–H and O–H groups in total. The van der Waals surface area contributed by atoms with Crippen LogP contribution in [0.4, 0.5) is 22.0 Å². The van der Waals surface area contributed by atoms with Crippen LogP contribution < -0.4 is 25.8 Å². The van der Waals surface area contributed by atoms with Gasteiger partial charge in [-0.25, -0.2) is 9.78 Å². The number of amides is 2. The second-order valence-corrected chi connectivity index (χ2v) is 9.70. The lowest BCUT2D eigenvalue weighted by atomic mass is 10.2. The molecule has 9 nitrogen and oxygen atoms in total. The second-order valence-electron chi connectivity index (χ2n) is 9.70. The van der Waals surface area contributed by atoms with Crippen LogP contribution in [-0.4, -0.2) is 59.8 Å². The summed E-state index contributed by atoms with van der Waals surface area (Å²) in [5.41, 5.74) is 2.79. The molecule has 0 saturated carbocycles. The number of urea groups is 1. The Morgan fingerprint density at radius 3 is 2.45 bits per heavy atom. The number of anilines is 3. The van der Waals surface area contributed by atoms with Gasteiger partial charge in [-0.3, -0.25) is 14.3 Å². The lowest BCUT2D eigenvalue weighted by Gasteiger charge is -2.35. The quantitative estimate of drug-likeness (QED) is 0.298. The Kier molecular flexibility index (Phi) is 8.73. The van der Waals surface area contributed by atoms with Gasteiger partial charge < -0.3 is 20.3 Å². The average molecular weight is 539 g/mol. The molecule has 0 aliphatic carbocycles. The van der Waals surface area contributed by atoms with Gasteiger partial charge in [0.15, 0.2) is 0 Å². The van der Waals surface area contributed by atoms with Crippen LogP contribution in [-0.2, 0) is 0 Å². The molecule has 0 spiro atoms. The Bertz CT molecular complexity index is 1460. The van der Waals surface area contributed by atoms with Crippen LogP contribution in [0, 0.1) is 6.92 Å². The molecule has 9 heteroatoms. The standard InChI is InChI=1S/C31H34N6O3/c1-24-8-6-9-27(40-23-7-17-35-19-21-36(22-20-35)28-10-2-4-16-32-28)30(24)34-31(39)33-25-12-14-26(15-13-25)37-18-5-3-11-29(37)38/h2-6,8-16,18H,7,17,19-23H2,1H3,(H2,33,34,39). The molecule has 206 valence electrons. The van der Waals surface area contributed by atoms with Crippen molar-refractivity contribution in [2.75, 3.05) is 54.9 Å². The molecule has 0 atom stereocenters. The molecule has 0 unspecified atom stereocenters. The van der Waals surface area contributed by atoms with E-state index in [9.17, 15) is 9.59 Å². The zero-order valence-corrected chi connectivity index (χ0v) is 22.6. The topological polar surface area (TPSA) is 91.7 Å². The first-order chi connectivity index (χ1) is 19.6. The Morgan fingerprint density at radius 1 is 0.900 bits per heavy atom. The number of carbonyl (C=O) groups excluding carboxylic acids is 1. The summed E-state index contributed by atoms with van der Waals surface area (Å²) in [6.45, 7) is 7.37. The molecule has 2 amide bonds. The van der Waals surface area contributed by atoms with Crippen molar-refractivity contribution in [1.29, 1.82) is 0 Å². The number of ether oxygens (including phenoxy) is 1. The van der Waals surface area contributed by atoms with Gasteiger partial charge in [0.2, 0.25) is 0 Å². The minimum atomic E-state index is -0.366. The molecule has 1 fully saturated rings. The van der Waals surface area contributed by atoms with Crippen molar-refractivity contribution in [2.45, 2.75) is 13.3 Å². The smallest absolute Gasteiger partial charge is 0.323 e. The first kappa shape index (κ1) is 27.0. The number of hydrogen-bond acceptors (Lipinski definition) is 6. The van der Waals surface area contributed by atoms with Gasteiger partial charge in [0.25, 0.3) is 5.56 Å². The van der Waals surface area contributed by atoms with Crippen molar-refractivity contribution in [3.05, 3.63) is 107 Å². The maximum absolute atomic E-state index is 12.8. The minimum absolute atomic E-state index is 0.115. The van der Waals surface area contributed by atoms with E-state index in [0.29, 0.717) is 23.7 Å². The van der Waals surface area contributed by atoms with E-state index >= 15 is 0 Å². The van der Waals surface area contributed by atoms with Crippen LogP contribution in [0.1, 0.15) is 12.0 Å². The van der Waals surface area contributed by atoms with Crippen LogP contribution in [0.3, 0.4) is 0 Å². The zero-order valence-electron chi connectivity index (χ0n) is 22.6. The number of rotatable bonds is 9. The summed E-state index contributed by atoms with van der Waals surface area (Å²) in [4.78, 5) is 34.1. The first-order valence-electron chi connectivity index (χ1n) is 13.5. The number of nitrogens with zero attached hydrogens (tertiary/aromatic N) is 4. The summed E-state index contributed by atoms with van der Waals surface area (Å²) >= 11 is 0. The van der Waals surface area contributed by atoms with Crippen molar-refractivity contribution in [3.8, 4) is 11.4 Å². The molecule has 1 aliphatic heterocycles. The van der Waals surface area contributed by atoms with Crippen LogP contribution in [0.15, 0.2) is 96.1 Å². The van der Waals surface area contributed by atoms with E-state index in [2.05, 4.69) is 31.5 Å². The summed E-state index contributed by atoms with van der Waals surface area (Å²) in [6, 6.07) is 23.5. The maximum atomic E-state index is 12.8. The number of pyridine rings is 2. The number of piperazine rings is 1. The fourth-order valence-electron chi connectivity index (χ4n) is 4.75. The average Bonchev–Trinajstić information content (AvgIpc) is 2.98. The molecule has 0 radical (unpaired) electrons. The predicted molar refractivity (Wildman–Crippen MR) is 159 cm³/mol. The van der Waals surface area contributed by atoms with Crippen molar-refractivity contribution in [1.82, 2.24) is 14.5 Å². The van der Waals surface area contributed by atoms with Gasteiger partial charge >= 0.3 is 6.03 Å². The minimum Gasteiger partial charge on any atom is -0.491 e. The maximum Gasteiger partial charge on any atom is 0.323 e. The third-order valence-corrected chi connectivity index (χ3v) is 6.92. The SMILES string of the molecule is Cc1cccc(OCCCN2CCN(c3ccccn3)CC2)c1NC(=O)Nc1ccc(-n2ccccc2=O)cc1.